The van der Waals surface area contributed by atoms with Crippen molar-refractivity contribution in [3.63, 3.8) is 0 Å². The molecule has 0 atom stereocenters. The van der Waals surface area contributed by atoms with E-state index in [4.69, 9.17) is 0 Å². The van der Waals surface area contributed by atoms with Gasteiger partial charge in [0, 0.05) is 0 Å². The second kappa shape index (κ2) is 31.2. The second-order valence-corrected chi connectivity index (χ2v) is 1.67. The summed E-state index contributed by atoms with van der Waals surface area (Å²) in [6, 6.07) is 0. The maximum absolute atomic E-state index is 3.60. The number of hydrogen-bond donors (Lipinski definition) is 0. The molecule has 0 aromatic carbocycles. The Morgan fingerprint density at radius 1 is 1.30 bits per heavy atom. The minimum absolute atomic E-state index is 0. The minimum atomic E-state index is 0. The molecule has 0 aliphatic rings. The van der Waals surface area contributed by atoms with Crippen molar-refractivity contribution in [1.29, 1.82) is 0 Å². The van der Waals surface area contributed by atoms with Gasteiger partial charge in [0.2, 0.25) is 0 Å². The Labute approximate surface area is 101 Å². The SMILES string of the molecule is C[CH-]CC.[CH2-]CCC.[Li+].[Na+]. The van der Waals surface area contributed by atoms with Gasteiger partial charge in [-0.05, 0) is 0 Å². The molecule has 10 heavy (non-hydrogen) atoms. The third-order valence-corrected chi connectivity index (χ3v) is 0.762. The summed E-state index contributed by atoms with van der Waals surface area (Å²) in [7, 11) is 0. The van der Waals surface area contributed by atoms with E-state index in [1.807, 2.05) is 0 Å². The van der Waals surface area contributed by atoms with Crippen molar-refractivity contribution < 1.29 is 48.4 Å². The average molecular weight is 144 g/mol. The molecule has 0 spiro atoms. The summed E-state index contributed by atoms with van der Waals surface area (Å²) in [4.78, 5) is 0. The maximum Gasteiger partial charge on any atom is 1.00 e. The quantitative estimate of drug-likeness (QED) is 0.291. The third-order valence-electron chi connectivity index (χ3n) is 0.762. The first-order chi connectivity index (χ1) is 3.83. The van der Waals surface area contributed by atoms with Gasteiger partial charge in [-0.2, -0.15) is 19.8 Å². The molecule has 0 bridgehead atoms. The van der Waals surface area contributed by atoms with E-state index < -0.39 is 0 Å². The van der Waals surface area contributed by atoms with E-state index >= 15 is 0 Å². The van der Waals surface area contributed by atoms with Crippen molar-refractivity contribution in [2.24, 2.45) is 0 Å². The molecule has 52 valence electrons. The van der Waals surface area contributed by atoms with Gasteiger partial charge in [0.15, 0.2) is 0 Å². The number of unbranched alkanes of at least 4 members (excludes halogenated alkanes) is 2. The van der Waals surface area contributed by atoms with Crippen LogP contribution in [0.15, 0.2) is 0 Å². The fourth-order valence-corrected chi connectivity index (χ4v) is 0. The summed E-state index contributed by atoms with van der Waals surface area (Å²) < 4.78 is 0. The summed E-state index contributed by atoms with van der Waals surface area (Å²) in [6.07, 6.45) is 5.60. The second-order valence-electron chi connectivity index (χ2n) is 1.67. The van der Waals surface area contributed by atoms with Gasteiger partial charge in [-0.1, -0.05) is 20.3 Å². The van der Waals surface area contributed by atoms with Crippen molar-refractivity contribution in [2.75, 3.05) is 0 Å². The van der Waals surface area contributed by atoms with Crippen LogP contribution in [0.4, 0.5) is 0 Å². The Bertz CT molecular complexity index is 17.2. The van der Waals surface area contributed by atoms with E-state index in [1.54, 1.807) is 0 Å². The van der Waals surface area contributed by atoms with Crippen LogP contribution in [-0.4, -0.2) is 0 Å². The average Bonchev–Trinajstić information content (AvgIpc) is 1.88. The number of rotatable bonds is 2. The van der Waals surface area contributed by atoms with Crippen LogP contribution in [0, 0.1) is 13.3 Å². The van der Waals surface area contributed by atoms with Crippen LogP contribution in [0.2, 0.25) is 0 Å². The molecule has 0 unspecified atom stereocenters. The number of hydrogen-bond acceptors (Lipinski definition) is 0. The van der Waals surface area contributed by atoms with E-state index in [2.05, 4.69) is 34.1 Å². The Balaban J connectivity index is -0.0000000300. The van der Waals surface area contributed by atoms with Crippen molar-refractivity contribution in [3.8, 4) is 0 Å². The Morgan fingerprint density at radius 2 is 1.50 bits per heavy atom. The zero-order chi connectivity index (χ0) is 6.83. The fourth-order valence-electron chi connectivity index (χ4n) is 0. The molecule has 0 saturated carbocycles. The van der Waals surface area contributed by atoms with Crippen LogP contribution < -0.4 is 48.4 Å². The summed E-state index contributed by atoms with van der Waals surface area (Å²) >= 11 is 0. The van der Waals surface area contributed by atoms with Crippen molar-refractivity contribution in [2.45, 2.75) is 40.0 Å². The van der Waals surface area contributed by atoms with Crippen molar-refractivity contribution in [1.82, 2.24) is 0 Å². The van der Waals surface area contributed by atoms with Gasteiger partial charge >= 0.3 is 48.4 Å². The summed E-state index contributed by atoms with van der Waals surface area (Å²) in [5.41, 5.74) is 0. The predicted molar refractivity (Wildman–Crippen MR) is 40.5 cm³/mol. The molecule has 0 amide bonds. The molecule has 0 nitrogen and oxygen atoms in total. The molecule has 0 fully saturated rings. The molecule has 0 rings (SSSR count). The largest absolute Gasteiger partial charge is 1.00 e. The first kappa shape index (κ1) is 22.6. The molecular weight excluding hydrogens is 126 g/mol. The van der Waals surface area contributed by atoms with Gasteiger partial charge in [0.05, 0.1) is 0 Å². The molecule has 0 aromatic rings. The molecule has 0 aromatic heterocycles. The van der Waals surface area contributed by atoms with Gasteiger partial charge in [-0.25, -0.2) is 0 Å². The van der Waals surface area contributed by atoms with E-state index in [0.29, 0.717) is 0 Å². The van der Waals surface area contributed by atoms with Crippen LogP contribution >= 0.6 is 0 Å². The molecule has 0 saturated heterocycles. The van der Waals surface area contributed by atoms with Crippen molar-refractivity contribution >= 4 is 0 Å². The van der Waals surface area contributed by atoms with Crippen LogP contribution in [-0.2, 0) is 0 Å². The monoisotopic (exact) mass is 144 g/mol. The first-order valence-electron chi connectivity index (χ1n) is 3.40. The molecule has 0 N–H and O–H groups in total. The fraction of sp³-hybridized carbons (Fsp3) is 0.750. The van der Waals surface area contributed by atoms with E-state index in [1.165, 1.54) is 12.8 Å². The topological polar surface area (TPSA) is 0 Å². The Hall–Kier alpha value is 1.60. The van der Waals surface area contributed by atoms with Crippen LogP contribution in [0.1, 0.15) is 40.0 Å². The molecular formula is C8H18LiNa. The Kier molecular flexibility index (Phi) is 70.3. The molecule has 0 aliphatic carbocycles. The van der Waals surface area contributed by atoms with E-state index in [0.717, 1.165) is 6.42 Å². The molecule has 0 aliphatic heterocycles. The van der Waals surface area contributed by atoms with Crippen LogP contribution in [0.5, 0.6) is 0 Å². The third kappa shape index (κ3) is 54.8. The Morgan fingerprint density at radius 3 is 1.50 bits per heavy atom. The smallest absolute Gasteiger partial charge is 0.343 e. The van der Waals surface area contributed by atoms with Gasteiger partial charge in [-0.15, -0.1) is 0 Å². The molecule has 2 heteroatoms. The van der Waals surface area contributed by atoms with Gasteiger partial charge < -0.3 is 13.3 Å². The van der Waals surface area contributed by atoms with Crippen LogP contribution in [0.25, 0.3) is 0 Å². The first-order valence-corrected chi connectivity index (χ1v) is 3.40. The van der Waals surface area contributed by atoms with Crippen molar-refractivity contribution in [3.05, 3.63) is 13.3 Å². The van der Waals surface area contributed by atoms with E-state index in [-0.39, 0.29) is 48.4 Å². The zero-order valence-corrected chi connectivity index (χ0v) is 10.4. The van der Waals surface area contributed by atoms with E-state index in [9.17, 15) is 0 Å². The standard InChI is InChI=1S/2C4H9.Li.Na/c2*1-3-4-2;;/h3H,4H2,1-2H3;1,3-4H2,2H3;;/q2*-1;2*+1. The normalized spacial score (nSPS) is 6.00. The zero-order valence-electron chi connectivity index (χ0n) is 8.41. The van der Waals surface area contributed by atoms with Gasteiger partial charge in [-0.3, -0.25) is 0 Å². The van der Waals surface area contributed by atoms with Gasteiger partial charge in [0.1, 0.15) is 0 Å². The molecule has 0 radical (unpaired) electrons. The summed E-state index contributed by atoms with van der Waals surface area (Å²) in [6.45, 7) is 9.90. The predicted octanol–water partition coefficient (Wildman–Crippen LogP) is -2.75. The molecule has 0 heterocycles. The minimum Gasteiger partial charge on any atom is -0.343 e. The summed E-state index contributed by atoms with van der Waals surface area (Å²) in [5, 5.41) is 0. The summed E-state index contributed by atoms with van der Waals surface area (Å²) in [5.74, 6) is 0. The maximum atomic E-state index is 3.60. The van der Waals surface area contributed by atoms with Crippen LogP contribution in [0.3, 0.4) is 0 Å². The van der Waals surface area contributed by atoms with Gasteiger partial charge in [0.25, 0.3) is 0 Å².